The summed E-state index contributed by atoms with van der Waals surface area (Å²) < 4.78 is 0. The van der Waals surface area contributed by atoms with Gasteiger partial charge < -0.3 is 14.8 Å². The average molecular weight is 399 g/mol. The van der Waals surface area contributed by atoms with Crippen LogP contribution in [0.4, 0.5) is 0 Å². The molecular weight excluding hydrogens is 374 g/mol. The third-order valence-electron chi connectivity index (χ3n) is 7.24. The van der Waals surface area contributed by atoms with E-state index in [1.54, 1.807) is 0 Å². The van der Waals surface area contributed by atoms with E-state index in [4.69, 9.17) is 0 Å². The number of para-hydroxylation sites is 1. The van der Waals surface area contributed by atoms with Gasteiger partial charge in [-0.1, -0.05) is 48.0 Å². The number of benzene rings is 2. The molecule has 0 bridgehead atoms. The summed E-state index contributed by atoms with van der Waals surface area (Å²) in [7, 11) is 0. The number of piperazine rings is 1. The van der Waals surface area contributed by atoms with Gasteiger partial charge in [0.15, 0.2) is 5.54 Å². The Bertz CT molecular complexity index is 1190. The van der Waals surface area contributed by atoms with Crippen molar-refractivity contribution in [3.05, 3.63) is 70.9 Å². The van der Waals surface area contributed by atoms with Gasteiger partial charge in [0.05, 0.1) is 5.69 Å². The van der Waals surface area contributed by atoms with Gasteiger partial charge in [0.25, 0.3) is 5.91 Å². The molecule has 0 unspecified atom stereocenters. The zero-order chi connectivity index (χ0) is 20.6. The molecule has 5 nitrogen and oxygen atoms in total. The molecule has 1 aromatic heterocycles. The highest BCUT2D eigenvalue weighted by molar-refractivity contribution is 6.01. The molecule has 2 amide bonds. The molecule has 3 aromatic rings. The lowest BCUT2D eigenvalue weighted by Gasteiger charge is -2.51. The van der Waals surface area contributed by atoms with Crippen molar-refractivity contribution in [2.45, 2.75) is 44.2 Å². The Kier molecular flexibility index (Phi) is 3.53. The number of nitrogens with one attached hydrogen (secondary N) is 1. The SMILES string of the molecule is Cc1ccc([C@H]2CN3C(=O)CN(C4CC4)C(=O)[C@]3(C)c3[nH]c4ccccc4c32)cc1. The fourth-order valence-electron chi connectivity index (χ4n) is 5.41. The van der Waals surface area contributed by atoms with Crippen molar-refractivity contribution in [2.24, 2.45) is 0 Å². The Morgan fingerprint density at radius 2 is 1.77 bits per heavy atom. The lowest BCUT2D eigenvalue weighted by Crippen LogP contribution is -2.67. The van der Waals surface area contributed by atoms with Crippen LogP contribution < -0.4 is 0 Å². The van der Waals surface area contributed by atoms with Gasteiger partial charge >= 0.3 is 0 Å². The van der Waals surface area contributed by atoms with E-state index in [2.05, 4.69) is 48.3 Å². The van der Waals surface area contributed by atoms with Crippen LogP contribution in [0.5, 0.6) is 0 Å². The lowest BCUT2D eigenvalue weighted by atomic mass is 9.76. The van der Waals surface area contributed by atoms with E-state index >= 15 is 0 Å². The fourth-order valence-corrected chi connectivity index (χ4v) is 5.41. The van der Waals surface area contributed by atoms with Crippen LogP contribution in [-0.4, -0.2) is 45.7 Å². The molecule has 3 heterocycles. The van der Waals surface area contributed by atoms with Gasteiger partial charge in [0.2, 0.25) is 5.91 Å². The van der Waals surface area contributed by atoms with Crippen molar-refractivity contribution in [3.63, 3.8) is 0 Å². The number of nitrogens with zero attached hydrogens (tertiary/aromatic N) is 2. The van der Waals surface area contributed by atoms with E-state index in [-0.39, 0.29) is 30.3 Å². The quantitative estimate of drug-likeness (QED) is 0.715. The molecule has 1 N–H and O–H groups in total. The van der Waals surface area contributed by atoms with E-state index in [0.717, 1.165) is 35.0 Å². The third kappa shape index (κ3) is 2.29. The maximum absolute atomic E-state index is 13.7. The molecule has 3 aliphatic rings. The van der Waals surface area contributed by atoms with Crippen LogP contribution in [0.25, 0.3) is 10.9 Å². The van der Waals surface area contributed by atoms with E-state index in [9.17, 15) is 9.59 Å². The number of aromatic nitrogens is 1. The number of fused-ring (bicyclic) bond motifs is 5. The largest absolute Gasteiger partial charge is 0.356 e. The molecule has 5 heteroatoms. The highest BCUT2D eigenvalue weighted by Crippen LogP contribution is 2.49. The molecule has 0 spiro atoms. The Labute approximate surface area is 175 Å². The Morgan fingerprint density at radius 3 is 2.50 bits per heavy atom. The van der Waals surface area contributed by atoms with Crippen LogP contribution >= 0.6 is 0 Å². The van der Waals surface area contributed by atoms with E-state index in [1.807, 2.05) is 28.9 Å². The highest BCUT2D eigenvalue weighted by Gasteiger charge is 2.58. The van der Waals surface area contributed by atoms with Crippen LogP contribution in [-0.2, 0) is 15.1 Å². The first kappa shape index (κ1) is 17.8. The predicted molar refractivity (Wildman–Crippen MR) is 115 cm³/mol. The van der Waals surface area contributed by atoms with Crippen LogP contribution in [0.1, 0.15) is 48.1 Å². The monoisotopic (exact) mass is 399 g/mol. The second-order valence-electron chi connectivity index (χ2n) is 9.16. The van der Waals surface area contributed by atoms with Gasteiger partial charge in [0, 0.05) is 29.4 Å². The van der Waals surface area contributed by atoms with Crippen LogP contribution in [0.3, 0.4) is 0 Å². The summed E-state index contributed by atoms with van der Waals surface area (Å²) in [4.78, 5) is 34.2. The number of carbonyl (C=O) groups is 2. The fraction of sp³-hybridized carbons (Fsp3) is 0.360. The number of aromatic amines is 1. The molecule has 30 heavy (non-hydrogen) atoms. The molecular formula is C25H25N3O2. The standard InChI is InChI=1S/C25H25N3O2/c1-15-7-9-16(10-8-15)19-13-28-21(29)14-27(17-11-12-17)24(30)25(28,2)23-22(19)18-5-3-4-6-20(18)26-23/h3-10,17,19,26H,11-14H2,1-2H3/t19-,25+/m1/s1. The van der Waals surface area contributed by atoms with Crippen LogP contribution in [0, 0.1) is 6.92 Å². The lowest BCUT2D eigenvalue weighted by molar-refractivity contribution is -0.166. The third-order valence-corrected chi connectivity index (χ3v) is 7.24. The summed E-state index contributed by atoms with van der Waals surface area (Å²) in [6.45, 7) is 4.74. The minimum absolute atomic E-state index is 0.0362. The van der Waals surface area contributed by atoms with Crippen molar-refractivity contribution in [1.82, 2.24) is 14.8 Å². The zero-order valence-corrected chi connectivity index (χ0v) is 17.3. The molecule has 152 valence electrons. The van der Waals surface area contributed by atoms with Crippen molar-refractivity contribution in [2.75, 3.05) is 13.1 Å². The smallest absolute Gasteiger partial charge is 0.255 e. The summed E-state index contributed by atoms with van der Waals surface area (Å²) in [5.41, 5.74) is 4.47. The van der Waals surface area contributed by atoms with Gasteiger partial charge in [0.1, 0.15) is 6.54 Å². The average Bonchev–Trinajstić information content (AvgIpc) is 3.51. The van der Waals surface area contributed by atoms with Gasteiger partial charge in [-0.25, -0.2) is 0 Å². The Balaban J connectivity index is 1.60. The molecule has 6 rings (SSSR count). The Hall–Kier alpha value is -3.08. The predicted octanol–water partition coefficient (Wildman–Crippen LogP) is 3.67. The molecule has 0 radical (unpaired) electrons. The van der Waals surface area contributed by atoms with Gasteiger partial charge in [-0.15, -0.1) is 0 Å². The van der Waals surface area contributed by atoms with Crippen molar-refractivity contribution < 1.29 is 9.59 Å². The minimum atomic E-state index is -0.979. The van der Waals surface area contributed by atoms with Gasteiger partial charge in [-0.05, 0) is 43.9 Å². The summed E-state index contributed by atoms with van der Waals surface area (Å²) in [6, 6.07) is 17.0. The van der Waals surface area contributed by atoms with E-state index in [1.165, 1.54) is 11.1 Å². The zero-order valence-electron chi connectivity index (χ0n) is 17.3. The van der Waals surface area contributed by atoms with Crippen LogP contribution in [0.2, 0.25) is 0 Å². The number of rotatable bonds is 2. The molecule has 1 aliphatic carbocycles. The molecule has 1 saturated carbocycles. The molecule has 1 saturated heterocycles. The maximum Gasteiger partial charge on any atom is 0.255 e. The summed E-state index contributed by atoms with van der Waals surface area (Å²) in [5.74, 6) is 0.138. The summed E-state index contributed by atoms with van der Waals surface area (Å²) in [5, 5.41) is 1.14. The number of amides is 2. The highest BCUT2D eigenvalue weighted by atomic mass is 16.2. The first-order valence-corrected chi connectivity index (χ1v) is 10.8. The van der Waals surface area contributed by atoms with Gasteiger partial charge in [-0.2, -0.15) is 0 Å². The first-order valence-electron chi connectivity index (χ1n) is 10.8. The maximum atomic E-state index is 13.7. The second-order valence-corrected chi connectivity index (χ2v) is 9.16. The van der Waals surface area contributed by atoms with E-state index in [0.29, 0.717) is 6.54 Å². The number of H-pyrrole nitrogens is 1. The van der Waals surface area contributed by atoms with Crippen molar-refractivity contribution in [3.8, 4) is 0 Å². The number of carbonyl (C=O) groups excluding carboxylic acids is 2. The molecule has 2 atom stereocenters. The molecule has 2 fully saturated rings. The van der Waals surface area contributed by atoms with Crippen molar-refractivity contribution in [1.29, 1.82) is 0 Å². The first-order chi connectivity index (χ1) is 14.5. The number of aryl methyl sites for hydroxylation is 1. The molecule has 2 aromatic carbocycles. The van der Waals surface area contributed by atoms with Crippen LogP contribution in [0.15, 0.2) is 48.5 Å². The minimum Gasteiger partial charge on any atom is -0.356 e. The Morgan fingerprint density at radius 1 is 1.03 bits per heavy atom. The number of hydrogen-bond donors (Lipinski definition) is 1. The molecule has 2 aliphatic heterocycles. The normalized spacial score (nSPS) is 26.1. The van der Waals surface area contributed by atoms with Crippen molar-refractivity contribution >= 4 is 22.7 Å². The summed E-state index contributed by atoms with van der Waals surface area (Å²) >= 11 is 0. The summed E-state index contributed by atoms with van der Waals surface area (Å²) in [6.07, 6.45) is 2.00. The van der Waals surface area contributed by atoms with Gasteiger partial charge in [-0.3, -0.25) is 9.59 Å². The topological polar surface area (TPSA) is 56.4 Å². The second kappa shape index (κ2) is 5.97. The number of hydrogen-bond acceptors (Lipinski definition) is 2. The van der Waals surface area contributed by atoms with E-state index < -0.39 is 5.54 Å².